The molecule has 1 saturated heterocycles. The quantitative estimate of drug-likeness (QED) is 0.786. The molecule has 4 rings (SSSR count). The van der Waals surface area contributed by atoms with Crippen molar-refractivity contribution in [3.8, 4) is 0 Å². The predicted octanol–water partition coefficient (Wildman–Crippen LogP) is 1.19. The minimum absolute atomic E-state index is 0.0741. The average molecular weight is 310 g/mol. The van der Waals surface area contributed by atoms with E-state index < -0.39 is 0 Å². The molecule has 0 bridgehead atoms. The van der Waals surface area contributed by atoms with Crippen LogP contribution in [-0.2, 0) is 6.54 Å². The van der Waals surface area contributed by atoms with Crippen LogP contribution in [0.15, 0.2) is 41.6 Å². The van der Waals surface area contributed by atoms with E-state index in [0.29, 0.717) is 18.1 Å². The SMILES string of the molecule is O=c1cc(CN2CCCC(c3ncccn3)C2)nc2cc[nH]n12. The molecule has 0 aliphatic carbocycles. The molecule has 7 heteroatoms. The van der Waals surface area contributed by atoms with Crippen LogP contribution in [0.1, 0.15) is 30.3 Å². The average Bonchev–Trinajstić information content (AvgIpc) is 3.05. The number of nitrogens with zero attached hydrogens (tertiary/aromatic N) is 5. The molecule has 23 heavy (non-hydrogen) atoms. The number of aromatic amines is 1. The highest BCUT2D eigenvalue weighted by molar-refractivity contribution is 5.36. The van der Waals surface area contributed by atoms with Gasteiger partial charge in [-0.05, 0) is 25.5 Å². The lowest BCUT2D eigenvalue weighted by molar-refractivity contribution is 0.194. The Morgan fingerprint density at radius 3 is 3.04 bits per heavy atom. The number of hydrogen-bond acceptors (Lipinski definition) is 5. The van der Waals surface area contributed by atoms with Crippen LogP contribution in [0.2, 0.25) is 0 Å². The topological polar surface area (TPSA) is 79.2 Å². The molecular weight excluding hydrogens is 292 g/mol. The van der Waals surface area contributed by atoms with Gasteiger partial charge < -0.3 is 0 Å². The van der Waals surface area contributed by atoms with E-state index in [4.69, 9.17) is 0 Å². The van der Waals surface area contributed by atoms with Gasteiger partial charge in [-0.3, -0.25) is 14.8 Å². The van der Waals surface area contributed by atoms with Crippen LogP contribution >= 0.6 is 0 Å². The molecule has 7 nitrogen and oxygen atoms in total. The number of hydrogen-bond donors (Lipinski definition) is 1. The zero-order chi connectivity index (χ0) is 15.6. The van der Waals surface area contributed by atoms with E-state index in [1.165, 1.54) is 4.52 Å². The standard InChI is InChI=1S/C16H18N6O/c23-15-9-13(20-14-4-7-19-22(14)15)11-21-8-1-3-12(10-21)16-17-5-2-6-18-16/h2,4-7,9,12,19H,1,3,8,10-11H2. The minimum atomic E-state index is -0.0741. The van der Waals surface area contributed by atoms with Crippen molar-refractivity contribution in [1.82, 2.24) is 29.5 Å². The van der Waals surface area contributed by atoms with Crippen molar-refractivity contribution in [2.24, 2.45) is 0 Å². The fourth-order valence-electron chi connectivity index (χ4n) is 3.22. The van der Waals surface area contributed by atoms with Gasteiger partial charge in [0.2, 0.25) is 0 Å². The summed E-state index contributed by atoms with van der Waals surface area (Å²) in [7, 11) is 0. The van der Waals surface area contributed by atoms with Gasteiger partial charge in [-0.25, -0.2) is 19.5 Å². The van der Waals surface area contributed by atoms with Crippen LogP contribution in [0.4, 0.5) is 0 Å². The van der Waals surface area contributed by atoms with E-state index >= 15 is 0 Å². The first-order chi connectivity index (χ1) is 11.3. The van der Waals surface area contributed by atoms with Crippen molar-refractivity contribution in [1.29, 1.82) is 0 Å². The lowest BCUT2D eigenvalue weighted by Crippen LogP contribution is -2.35. The molecule has 1 unspecified atom stereocenters. The van der Waals surface area contributed by atoms with Crippen LogP contribution in [-0.4, -0.2) is 42.6 Å². The molecule has 1 aliphatic rings. The van der Waals surface area contributed by atoms with Crippen molar-refractivity contribution in [2.45, 2.75) is 25.3 Å². The molecule has 3 aromatic rings. The van der Waals surface area contributed by atoms with Crippen molar-refractivity contribution in [3.05, 3.63) is 58.7 Å². The summed E-state index contributed by atoms with van der Waals surface area (Å²) in [5, 5.41) is 2.86. The van der Waals surface area contributed by atoms with Crippen molar-refractivity contribution < 1.29 is 0 Å². The maximum atomic E-state index is 12.0. The Hall–Kier alpha value is -2.54. The summed E-state index contributed by atoms with van der Waals surface area (Å²) < 4.78 is 1.44. The highest BCUT2D eigenvalue weighted by Gasteiger charge is 2.23. The number of rotatable bonds is 3. The smallest absolute Gasteiger partial charge is 0.272 e. The van der Waals surface area contributed by atoms with Gasteiger partial charge in [0.1, 0.15) is 5.82 Å². The molecule has 0 amide bonds. The van der Waals surface area contributed by atoms with Gasteiger partial charge in [-0.15, -0.1) is 0 Å². The van der Waals surface area contributed by atoms with Gasteiger partial charge in [0.25, 0.3) is 5.56 Å². The van der Waals surface area contributed by atoms with E-state index in [0.717, 1.165) is 37.4 Å². The molecule has 1 N–H and O–H groups in total. The normalized spacial score (nSPS) is 19.2. The molecule has 1 fully saturated rings. The molecule has 118 valence electrons. The van der Waals surface area contributed by atoms with Gasteiger partial charge in [0.05, 0.1) is 5.69 Å². The number of piperidine rings is 1. The van der Waals surface area contributed by atoms with Gasteiger partial charge in [0.15, 0.2) is 5.65 Å². The van der Waals surface area contributed by atoms with Crippen molar-refractivity contribution in [3.63, 3.8) is 0 Å². The lowest BCUT2D eigenvalue weighted by Gasteiger charge is -2.31. The van der Waals surface area contributed by atoms with Gasteiger partial charge >= 0.3 is 0 Å². The molecule has 1 aliphatic heterocycles. The fourth-order valence-corrected chi connectivity index (χ4v) is 3.22. The van der Waals surface area contributed by atoms with E-state index in [1.807, 2.05) is 12.1 Å². The largest absolute Gasteiger partial charge is 0.297 e. The van der Waals surface area contributed by atoms with Crippen molar-refractivity contribution in [2.75, 3.05) is 13.1 Å². The number of aromatic nitrogens is 5. The highest BCUT2D eigenvalue weighted by Crippen LogP contribution is 2.24. The second-order valence-corrected chi connectivity index (χ2v) is 5.92. The second-order valence-electron chi connectivity index (χ2n) is 5.92. The Balaban J connectivity index is 1.52. The summed E-state index contributed by atoms with van der Waals surface area (Å²) in [4.78, 5) is 27.7. The summed E-state index contributed by atoms with van der Waals surface area (Å²) in [5.41, 5.74) is 1.40. The first-order valence-corrected chi connectivity index (χ1v) is 7.85. The first kappa shape index (κ1) is 14.1. The molecule has 0 spiro atoms. The Labute approximate surface area is 133 Å². The van der Waals surface area contributed by atoms with Crippen molar-refractivity contribution >= 4 is 5.65 Å². The Morgan fingerprint density at radius 1 is 1.30 bits per heavy atom. The van der Waals surface area contributed by atoms with E-state index in [1.54, 1.807) is 24.7 Å². The van der Waals surface area contributed by atoms with Gasteiger partial charge in [-0.2, -0.15) is 0 Å². The molecule has 1 atom stereocenters. The number of nitrogens with one attached hydrogen (secondary N) is 1. The molecule has 0 saturated carbocycles. The Kier molecular flexibility index (Phi) is 3.63. The van der Waals surface area contributed by atoms with Crippen LogP contribution in [0, 0.1) is 0 Å². The summed E-state index contributed by atoms with van der Waals surface area (Å²) in [5.74, 6) is 1.26. The summed E-state index contributed by atoms with van der Waals surface area (Å²) in [6.45, 7) is 2.59. The highest BCUT2D eigenvalue weighted by atomic mass is 16.1. The zero-order valence-electron chi connectivity index (χ0n) is 12.7. The summed E-state index contributed by atoms with van der Waals surface area (Å²) in [6, 6.07) is 5.25. The van der Waals surface area contributed by atoms with Crippen LogP contribution < -0.4 is 5.56 Å². The van der Waals surface area contributed by atoms with E-state index in [9.17, 15) is 4.79 Å². The molecule has 0 radical (unpaired) electrons. The maximum Gasteiger partial charge on any atom is 0.272 e. The zero-order valence-corrected chi connectivity index (χ0v) is 12.7. The van der Waals surface area contributed by atoms with Crippen LogP contribution in [0.25, 0.3) is 5.65 Å². The number of likely N-dealkylation sites (tertiary alicyclic amines) is 1. The Morgan fingerprint density at radius 2 is 2.17 bits per heavy atom. The maximum absolute atomic E-state index is 12.0. The number of fused-ring (bicyclic) bond motifs is 1. The molecular formula is C16H18N6O. The van der Waals surface area contributed by atoms with Crippen LogP contribution in [0.3, 0.4) is 0 Å². The van der Waals surface area contributed by atoms with E-state index in [2.05, 4.69) is 25.0 Å². The Bertz CT molecular complexity index is 856. The third-order valence-corrected chi connectivity index (χ3v) is 4.28. The monoisotopic (exact) mass is 310 g/mol. The molecule has 3 aromatic heterocycles. The number of H-pyrrole nitrogens is 1. The third kappa shape index (κ3) is 2.87. The first-order valence-electron chi connectivity index (χ1n) is 7.85. The second kappa shape index (κ2) is 5.92. The van der Waals surface area contributed by atoms with Crippen LogP contribution in [0.5, 0.6) is 0 Å². The summed E-state index contributed by atoms with van der Waals surface area (Å²) in [6.07, 6.45) is 7.52. The van der Waals surface area contributed by atoms with Gasteiger partial charge in [-0.1, -0.05) is 0 Å². The fraction of sp³-hybridized carbons (Fsp3) is 0.375. The third-order valence-electron chi connectivity index (χ3n) is 4.28. The minimum Gasteiger partial charge on any atom is -0.297 e. The summed E-state index contributed by atoms with van der Waals surface area (Å²) >= 11 is 0. The van der Waals surface area contributed by atoms with Gasteiger partial charge in [0, 0.05) is 49.7 Å². The lowest BCUT2D eigenvalue weighted by atomic mass is 9.97. The van der Waals surface area contributed by atoms with E-state index in [-0.39, 0.29) is 5.56 Å². The predicted molar refractivity (Wildman–Crippen MR) is 85.1 cm³/mol. The molecule has 4 heterocycles. The molecule has 0 aromatic carbocycles.